The molecule has 0 aliphatic carbocycles. The Kier molecular flexibility index (Phi) is 5.97. The van der Waals surface area contributed by atoms with E-state index in [1.165, 1.54) is 5.56 Å². The number of nitrogens with zero attached hydrogens (tertiary/aromatic N) is 2. The summed E-state index contributed by atoms with van der Waals surface area (Å²) in [7, 11) is 0. The maximum atomic E-state index is 13.0. The van der Waals surface area contributed by atoms with Crippen molar-refractivity contribution in [2.45, 2.75) is 33.2 Å². The second-order valence-corrected chi connectivity index (χ2v) is 9.29. The third-order valence-corrected chi connectivity index (χ3v) is 7.09. The second kappa shape index (κ2) is 8.65. The quantitative estimate of drug-likeness (QED) is 0.635. The van der Waals surface area contributed by atoms with Crippen molar-refractivity contribution in [3.8, 4) is 10.8 Å². The minimum atomic E-state index is -0.493. The Hall–Kier alpha value is -2.58. The number of aromatic nitrogens is 1. The van der Waals surface area contributed by atoms with Gasteiger partial charge in [0.15, 0.2) is 0 Å². The highest BCUT2D eigenvalue weighted by Crippen LogP contribution is 2.28. The summed E-state index contributed by atoms with van der Waals surface area (Å²) < 4.78 is 5.74. The lowest BCUT2D eigenvalue weighted by molar-refractivity contribution is -0.135. The molecule has 1 aromatic carbocycles. The molecular formula is C22H23N3O3S2. The molecular weight excluding hydrogens is 418 g/mol. The lowest BCUT2D eigenvalue weighted by Crippen LogP contribution is -2.45. The fourth-order valence-electron chi connectivity index (χ4n) is 3.29. The number of hydrogen-bond acceptors (Lipinski definition) is 6. The first-order valence-corrected chi connectivity index (χ1v) is 11.7. The highest BCUT2D eigenvalue weighted by molar-refractivity contribution is 7.99. The Morgan fingerprint density at radius 3 is 2.80 bits per heavy atom. The maximum absolute atomic E-state index is 13.0. The van der Waals surface area contributed by atoms with E-state index in [4.69, 9.17) is 4.42 Å². The molecule has 1 N–H and O–H groups in total. The van der Waals surface area contributed by atoms with E-state index < -0.39 is 6.04 Å². The predicted molar refractivity (Wildman–Crippen MR) is 121 cm³/mol. The van der Waals surface area contributed by atoms with E-state index in [1.807, 2.05) is 56.5 Å². The predicted octanol–water partition coefficient (Wildman–Crippen LogP) is 4.41. The van der Waals surface area contributed by atoms with Gasteiger partial charge in [-0.05, 0) is 55.5 Å². The average molecular weight is 442 g/mol. The molecule has 6 nitrogen and oxygen atoms in total. The number of oxazole rings is 1. The van der Waals surface area contributed by atoms with E-state index in [0.29, 0.717) is 29.0 Å². The highest BCUT2D eigenvalue weighted by atomic mass is 32.2. The topological polar surface area (TPSA) is 75.4 Å². The Morgan fingerprint density at radius 1 is 1.23 bits per heavy atom. The van der Waals surface area contributed by atoms with E-state index in [9.17, 15) is 9.59 Å². The lowest BCUT2D eigenvalue weighted by Gasteiger charge is -2.23. The molecule has 1 atom stereocenters. The number of thiophene rings is 1. The van der Waals surface area contributed by atoms with Gasteiger partial charge in [0, 0.05) is 11.4 Å². The number of carbonyl (C=O) groups is 2. The number of carbonyl (C=O) groups excluding carboxylic acids is 2. The normalized spacial score (nSPS) is 16.1. The van der Waals surface area contributed by atoms with Gasteiger partial charge < -0.3 is 14.6 Å². The zero-order chi connectivity index (χ0) is 21.3. The van der Waals surface area contributed by atoms with Gasteiger partial charge in [-0.2, -0.15) is 0 Å². The SMILES string of the molecule is Cc1ccc(NC(=O)C2CSCN2C(=O)Cc2nc(-c3cccs3)oc2C)cc1C. The van der Waals surface area contributed by atoms with E-state index in [0.717, 1.165) is 16.1 Å². The van der Waals surface area contributed by atoms with Crippen LogP contribution in [0.2, 0.25) is 0 Å². The molecule has 30 heavy (non-hydrogen) atoms. The molecule has 2 amide bonds. The summed E-state index contributed by atoms with van der Waals surface area (Å²) in [4.78, 5) is 32.9. The van der Waals surface area contributed by atoms with Crippen molar-refractivity contribution in [1.82, 2.24) is 9.88 Å². The van der Waals surface area contributed by atoms with Gasteiger partial charge in [-0.25, -0.2) is 4.98 Å². The Morgan fingerprint density at radius 2 is 2.07 bits per heavy atom. The first-order chi connectivity index (χ1) is 14.4. The minimum absolute atomic E-state index is 0.116. The van der Waals surface area contributed by atoms with Crippen molar-refractivity contribution in [3.05, 3.63) is 58.3 Å². The number of amides is 2. The molecule has 2 aromatic heterocycles. The number of nitrogens with one attached hydrogen (secondary N) is 1. The summed E-state index contributed by atoms with van der Waals surface area (Å²) in [5.41, 5.74) is 3.66. The van der Waals surface area contributed by atoms with Crippen LogP contribution in [0.25, 0.3) is 10.8 Å². The summed E-state index contributed by atoms with van der Waals surface area (Å²) in [6.45, 7) is 5.86. The number of thioether (sulfide) groups is 1. The molecule has 0 saturated carbocycles. The van der Waals surface area contributed by atoms with Crippen LogP contribution in [0.15, 0.2) is 40.1 Å². The summed E-state index contributed by atoms with van der Waals surface area (Å²) in [5, 5.41) is 4.91. The molecule has 3 aromatic rings. The first kappa shape index (κ1) is 20.7. The fraction of sp³-hybridized carbons (Fsp3) is 0.318. The summed E-state index contributed by atoms with van der Waals surface area (Å²) >= 11 is 3.12. The van der Waals surface area contributed by atoms with E-state index >= 15 is 0 Å². The molecule has 1 unspecified atom stereocenters. The smallest absolute Gasteiger partial charge is 0.248 e. The van der Waals surface area contributed by atoms with Crippen LogP contribution in [0.4, 0.5) is 5.69 Å². The number of aryl methyl sites for hydroxylation is 3. The van der Waals surface area contributed by atoms with Crippen LogP contribution in [0.3, 0.4) is 0 Å². The van der Waals surface area contributed by atoms with Gasteiger partial charge in [-0.15, -0.1) is 23.1 Å². The summed E-state index contributed by atoms with van der Waals surface area (Å²) in [6, 6.07) is 9.20. The summed E-state index contributed by atoms with van der Waals surface area (Å²) in [6.07, 6.45) is 0.120. The highest BCUT2D eigenvalue weighted by Gasteiger charge is 2.35. The molecule has 1 fully saturated rings. The monoisotopic (exact) mass is 441 g/mol. The molecule has 4 rings (SSSR count). The maximum Gasteiger partial charge on any atom is 0.248 e. The van der Waals surface area contributed by atoms with Crippen LogP contribution in [0.5, 0.6) is 0 Å². The largest absolute Gasteiger partial charge is 0.440 e. The van der Waals surface area contributed by atoms with Gasteiger partial charge in [0.25, 0.3) is 0 Å². The van der Waals surface area contributed by atoms with Crippen molar-refractivity contribution in [2.75, 3.05) is 16.9 Å². The van der Waals surface area contributed by atoms with Crippen molar-refractivity contribution >= 4 is 40.6 Å². The Balaban J connectivity index is 1.44. The standard InChI is InChI=1S/C22H23N3O3S2/c1-13-6-7-16(9-14(13)2)23-21(27)18-11-29-12-25(18)20(26)10-17-15(3)28-22(24-17)19-5-4-8-30-19/h4-9,18H,10-12H2,1-3H3,(H,23,27). The summed E-state index contributed by atoms with van der Waals surface area (Å²) in [5.74, 6) is 1.97. The van der Waals surface area contributed by atoms with Gasteiger partial charge in [0.05, 0.1) is 22.9 Å². The van der Waals surface area contributed by atoms with E-state index in [-0.39, 0.29) is 18.2 Å². The van der Waals surface area contributed by atoms with E-state index in [1.54, 1.807) is 28.0 Å². The van der Waals surface area contributed by atoms with Crippen LogP contribution >= 0.6 is 23.1 Å². The third kappa shape index (κ3) is 4.29. The average Bonchev–Trinajstić information content (AvgIpc) is 3.46. The molecule has 0 radical (unpaired) electrons. The van der Waals surface area contributed by atoms with Crippen LogP contribution < -0.4 is 5.32 Å². The first-order valence-electron chi connectivity index (χ1n) is 9.68. The number of benzene rings is 1. The van der Waals surface area contributed by atoms with E-state index in [2.05, 4.69) is 10.3 Å². The van der Waals surface area contributed by atoms with Crippen LogP contribution in [0, 0.1) is 20.8 Å². The molecule has 0 spiro atoms. The Labute approximate surface area is 183 Å². The number of anilines is 1. The fourth-order valence-corrected chi connectivity index (χ4v) is 5.12. The molecule has 156 valence electrons. The van der Waals surface area contributed by atoms with Gasteiger partial charge in [-0.3, -0.25) is 9.59 Å². The third-order valence-electron chi connectivity index (χ3n) is 5.22. The molecule has 1 aliphatic heterocycles. The molecule has 1 saturated heterocycles. The van der Waals surface area contributed by atoms with Gasteiger partial charge in [0.1, 0.15) is 11.8 Å². The molecule has 1 aliphatic rings. The van der Waals surface area contributed by atoms with Crippen molar-refractivity contribution in [3.63, 3.8) is 0 Å². The van der Waals surface area contributed by atoms with Crippen LogP contribution in [-0.2, 0) is 16.0 Å². The Bertz CT molecular complexity index is 1080. The minimum Gasteiger partial charge on any atom is -0.440 e. The molecule has 8 heteroatoms. The zero-order valence-corrected chi connectivity index (χ0v) is 18.7. The zero-order valence-electron chi connectivity index (χ0n) is 17.1. The van der Waals surface area contributed by atoms with Crippen molar-refractivity contribution < 1.29 is 14.0 Å². The molecule has 3 heterocycles. The van der Waals surface area contributed by atoms with Gasteiger partial charge in [0.2, 0.25) is 17.7 Å². The van der Waals surface area contributed by atoms with Crippen molar-refractivity contribution in [1.29, 1.82) is 0 Å². The lowest BCUT2D eigenvalue weighted by atomic mass is 10.1. The van der Waals surface area contributed by atoms with Crippen molar-refractivity contribution in [2.24, 2.45) is 0 Å². The van der Waals surface area contributed by atoms with Crippen LogP contribution in [-0.4, -0.2) is 39.4 Å². The second-order valence-electron chi connectivity index (χ2n) is 7.34. The van der Waals surface area contributed by atoms with Gasteiger partial charge in [-0.1, -0.05) is 12.1 Å². The number of rotatable bonds is 5. The van der Waals surface area contributed by atoms with Crippen LogP contribution in [0.1, 0.15) is 22.6 Å². The number of hydrogen-bond donors (Lipinski definition) is 1. The molecule has 0 bridgehead atoms. The van der Waals surface area contributed by atoms with Gasteiger partial charge >= 0.3 is 0 Å².